The van der Waals surface area contributed by atoms with E-state index in [4.69, 9.17) is 0 Å². The summed E-state index contributed by atoms with van der Waals surface area (Å²) in [6, 6.07) is 11.7. The lowest BCUT2D eigenvalue weighted by Crippen LogP contribution is -2.06. The average molecular weight is 272 g/mol. The molecule has 0 aliphatic carbocycles. The van der Waals surface area contributed by atoms with Crippen LogP contribution in [0.3, 0.4) is 0 Å². The summed E-state index contributed by atoms with van der Waals surface area (Å²) in [6.45, 7) is 1.83. The van der Waals surface area contributed by atoms with Gasteiger partial charge in [-0.05, 0) is 30.2 Å². The predicted octanol–water partition coefficient (Wildman–Crippen LogP) is 2.51. The molecule has 0 saturated carbocycles. The van der Waals surface area contributed by atoms with Crippen LogP contribution in [0.1, 0.15) is 27.0 Å². The fourth-order valence-electron chi connectivity index (χ4n) is 2.44. The lowest BCUT2D eigenvalue weighted by molar-refractivity contribution is 0.103. The van der Waals surface area contributed by atoms with Gasteiger partial charge in [-0.1, -0.05) is 30.3 Å². The third-order valence-corrected chi connectivity index (χ3v) is 5.15. The Balaban J connectivity index is 2.41. The molecule has 0 bridgehead atoms. The number of aryl methyl sites for hydroxylation is 1. The number of fused-ring (bicyclic) bond motifs is 2. The number of carbonyl (C=O) groups is 1. The molecule has 0 saturated heterocycles. The van der Waals surface area contributed by atoms with E-state index in [1.807, 2.05) is 13.0 Å². The molecule has 1 aliphatic heterocycles. The summed E-state index contributed by atoms with van der Waals surface area (Å²) >= 11 is 0. The first-order valence-corrected chi connectivity index (χ1v) is 7.61. The second kappa shape index (κ2) is 4.03. The zero-order valence-corrected chi connectivity index (χ0v) is 11.2. The van der Waals surface area contributed by atoms with Gasteiger partial charge < -0.3 is 0 Å². The minimum Gasteiger partial charge on any atom is -0.289 e. The van der Waals surface area contributed by atoms with Crippen LogP contribution in [0.2, 0.25) is 0 Å². The largest absolute Gasteiger partial charge is 0.289 e. The third-order valence-electron chi connectivity index (χ3n) is 3.46. The molecule has 1 heterocycles. The van der Waals surface area contributed by atoms with E-state index >= 15 is 0 Å². The lowest BCUT2D eigenvalue weighted by Gasteiger charge is -2.07. The molecule has 3 nitrogen and oxygen atoms in total. The quantitative estimate of drug-likeness (QED) is 0.740. The van der Waals surface area contributed by atoms with Crippen molar-refractivity contribution < 1.29 is 13.2 Å². The molecule has 0 amide bonds. The van der Waals surface area contributed by atoms with Crippen molar-refractivity contribution in [2.75, 3.05) is 0 Å². The summed E-state index contributed by atoms with van der Waals surface area (Å²) in [6.07, 6.45) is 0. The monoisotopic (exact) mass is 272 g/mol. The SMILES string of the molecule is Cc1cccc2c1CS(=O)(=O)c1ccccc1C2=O. The van der Waals surface area contributed by atoms with Gasteiger partial charge in [-0.2, -0.15) is 0 Å². The minimum atomic E-state index is -3.47. The molecular formula is C15H12O3S. The molecular weight excluding hydrogens is 260 g/mol. The van der Waals surface area contributed by atoms with Crippen LogP contribution in [0, 0.1) is 6.92 Å². The first-order valence-electron chi connectivity index (χ1n) is 5.96. The van der Waals surface area contributed by atoms with Crippen LogP contribution in [0.5, 0.6) is 0 Å². The third kappa shape index (κ3) is 1.79. The van der Waals surface area contributed by atoms with Gasteiger partial charge in [-0.3, -0.25) is 4.79 Å². The van der Waals surface area contributed by atoms with E-state index < -0.39 is 9.84 Å². The van der Waals surface area contributed by atoms with Crippen LogP contribution in [-0.2, 0) is 15.6 Å². The molecule has 0 atom stereocenters. The normalized spacial score (nSPS) is 16.4. The second-order valence-electron chi connectivity index (χ2n) is 4.69. The van der Waals surface area contributed by atoms with Crippen LogP contribution in [0.4, 0.5) is 0 Å². The van der Waals surface area contributed by atoms with Gasteiger partial charge >= 0.3 is 0 Å². The van der Waals surface area contributed by atoms with Crippen LogP contribution in [-0.4, -0.2) is 14.2 Å². The Labute approximate surface area is 111 Å². The molecule has 96 valence electrons. The molecule has 0 aromatic heterocycles. The van der Waals surface area contributed by atoms with Crippen LogP contribution in [0.25, 0.3) is 0 Å². The first kappa shape index (κ1) is 12.1. The highest BCUT2D eigenvalue weighted by molar-refractivity contribution is 7.90. The van der Waals surface area contributed by atoms with Gasteiger partial charge in [0, 0.05) is 11.1 Å². The van der Waals surface area contributed by atoms with Crippen molar-refractivity contribution >= 4 is 15.6 Å². The van der Waals surface area contributed by atoms with Gasteiger partial charge in [-0.25, -0.2) is 8.42 Å². The molecule has 0 spiro atoms. The van der Waals surface area contributed by atoms with E-state index in [2.05, 4.69) is 0 Å². The molecule has 0 unspecified atom stereocenters. The Bertz CT molecular complexity index is 789. The summed E-state index contributed by atoms with van der Waals surface area (Å²) < 4.78 is 24.8. The molecule has 1 aliphatic rings. The summed E-state index contributed by atoms with van der Waals surface area (Å²) in [5.41, 5.74) is 2.21. The summed E-state index contributed by atoms with van der Waals surface area (Å²) in [4.78, 5) is 12.6. The van der Waals surface area contributed by atoms with Gasteiger partial charge in [-0.15, -0.1) is 0 Å². The lowest BCUT2D eigenvalue weighted by atomic mass is 9.96. The van der Waals surface area contributed by atoms with Gasteiger partial charge in [0.1, 0.15) is 0 Å². The zero-order chi connectivity index (χ0) is 13.6. The van der Waals surface area contributed by atoms with E-state index in [1.54, 1.807) is 30.3 Å². The molecule has 0 N–H and O–H groups in total. The van der Waals surface area contributed by atoms with Crippen molar-refractivity contribution in [2.45, 2.75) is 17.6 Å². The first-order chi connectivity index (χ1) is 9.00. The zero-order valence-electron chi connectivity index (χ0n) is 10.4. The van der Waals surface area contributed by atoms with Crippen molar-refractivity contribution in [3.63, 3.8) is 0 Å². The molecule has 4 heteroatoms. The fourth-order valence-corrected chi connectivity index (χ4v) is 4.15. The maximum absolute atomic E-state index is 12.5. The topological polar surface area (TPSA) is 51.2 Å². The minimum absolute atomic E-state index is 0.113. The smallest absolute Gasteiger partial charge is 0.194 e. The molecule has 2 aromatic rings. The molecule has 19 heavy (non-hydrogen) atoms. The van der Waals surface area contributed by atoms with E-state index in [0.29, 0.717) is 11.1 Å². The Morgan fingerprint density at radius 3 is 2.42 bits per heavy atom. The number of ketones is 1. The maximum Gasteiger partial charge on any atom is 0.194 e. The predicted molar refractivity (Wildman–Crippen MR) is 71.9 cm³/mol. The molecule has 2 aromatic carbocycles. The Kier molecular flexibility index (Phi) is 2.57. The summed E-state index contributed by atoms with van der Waals surface area (Å²) in [5.74, 6) is -0.326. The van der Waals surface area contributed by atoms with E-state index in [9.17, 15) is 13.2 Å². The van der Waals surface area contributed by atoms with Crippen molar-refractivity contribution in [3.05, 3.63) is 64.7 Å². The highest BCUT2D eigenvalue weighted by atomic mass is 32.2. The van der Waals surface area contributed by atoms with Crippen molar-refractivity contribution in [2.24, 2.45) is 0 Å². The number of sulfone groups is 1. The summed E-state index contributed by atoms with van der Waals surface area (Å²) in [5, 5.41) is 0. The van der Waals surface area contributed by atoms with Crippen LogP contribution >= 0.6 is 0 Å². The Morgan fingerprint density at radius 2 is 1.63 bits per heavy atom. The highest BCUT2D eigenvalue weighted by Crippen LogP contribution is 2.30. The number of benzene rings is 2. The second-order valence-corrected chi connectivity index (χ2v) is 6.64. The fraction of sp³-hybridized carbons (Fsp3) is 0.133. The Morgan fingerprint density at radius 1 is 0.947 bits per heavy atom. The van der Waals surface area contributed by atoms with Crippen molar-refractivity contribution in [1.29, 1.82) is 0 Å². The standard InChI is InChI=1S/C15H12O3S/c1-10-5-4-7-11-13(10)9-19(17,18)14-8-3-2-6-12(14)15(11)16/h2-8H,9H2,1H3. The number of rotatable bonds is 0. The van der Waals surface area contributed by atoms with E-state index in [0.717, 1.165) is 5.56 Å². The average Bonchev–Trinajstić information content (AvgIpc) is 2.47. The van der Waals surface area contributed by atoms with E-state index in [-0.39, 0.29) is 22.0 Å². The number of carbonyl (C=O) groups excluding carboxylic acids is 1. The van der Waals surface area contributed by atoms with Gasteiger partial charge in [0.2, 0.25) is 0 Å². The molecule has 0 radical (unpaired) electrons. The van der Waals surface area contributed by atoms with Gasteiger partial charge in [0.05, 0.1) is 10.6 Å². The molecule has 0 fully saturated rings. The van der Waals surface area contributed by atoms with E-state index in [1.165, 1.54) is 6.07 Å². The maximum atomic E-state index is 12.5. The summed E-state index contributed by atoms with van der Waals surface area (Å²) in [7, 11) is -3.47. The van der Waals surface area contributed by atoms with Gasteiger partial charge in [0.25, 0.3) is 0 Å². The van der Waals surface area contributed by atoms with Crippen molar-refractivity contribution in [3.8, 4) is 0 Å². The van der Waals surface area contributed by atoms with Gasteiger partial charge in [0.15, 0.2) is 15.6 Å². The van der Waals surface area contributed by atoms with Crippen molar-refractivity contribution in [1.82, 2.24) is 0 Å². The highest BCUT2D eigenvalue weighted by Gasteiger charge is 2.30. The molecule has 3 rings (SSSR count). The Hall–Kier alpha value is -1.94. The van der Waals surface area contributed by atoms with Crippen LogP contribution in [0.15, 0.2) is 47.4 Å². The number of hydrogen-bond acceptors (Lipinski definition) is 3. The van der Waals surface area contributed by atoms with Crippen LogP contribution < -0.4 is 0 Å². The number of hydrogen-bond donors (Lipinski definition) is 0.